The van der Waals surface area contributed by atoms with Crippen LogP contribution in [-0.4, -0.2) is 17.1 Å². The van der Waals surface area contributed by atoms with Gasteiger partial charge >= 0.3 is 5.97 Å². The lowest BCUT2D eigenvalue weighted by atomic mass is 10.3. The number of carbonyl (C=O) groups is 1. The molecule has 0 aliphatic carbocycles. The maximum Gasteiger partial charge on any atom is 0.328 e. The van der Waals surface area contributed by atoms with Gasteiger partial charge < -0.3 is 10.8 Å². The summed E-state index contributed by atoms with van der Waals surface area (Å²) in [7, 11) is 0. The van der Waals surface area contributed by atoms with Crippen molar-refractivity contribution in [3.63, 3.8) is 0 Å². The van der Waals surface area contributed by atoms with Gasteiger partial charge in [0.05, 0.1) is 0 Å². The second-order valence-electron chi connectivity index (χ2n) is 1.65. The summed E-state index contributed by atoms with van der Waals surface area (Å²) in [6.07, 6.45) is 3.80. The van der Waals surface area contributed by atoms with Crippen LogP contribution in [0.4, 0.5) is 0 Å². The molecule has 1 atom stereocenters. The molecule has 0 rings (SSSR count). The van der Waals surface area contributed by atoms with Gasteiger partial charge in [0.25, 0.3) is 0 Å². The SMILES string of the molecule is C=C=CC(N)C=CC(=O)O. The summed E-state index contributed by atoms with van der Waals surface area (Å²) in [4.78, 5) is 9.92. The quantitative estimate of drug-likeness (QED) is 0.436. The lowest BCUT2D eigenvalue weighted by molar-refractivity contribution is -0.131. The van der Waals surface area contributed by atoms with E-state index in [-0.39, 0.29) is 0 Å². The van der Waals surface area contributed by atoms with Crippen LogP contribution in [0, 0.1) is 0 Å². The van der Waals surface area contributed by atoms with E-state index < -0.39 is 12.0 Å². The molecular weight excluding hydrogens is 130 g/mol. The molecule has 1 unspecified atom stereocenters. The fourth-order valence-corrected chi connectivity index (χ4v) is 0.385. The molecule has 0 amide bonds. The second kappa shape index (κ2) is 4.56. The molecular formula is C7H9NO2. The minimum absolute atomic E-state index is 0.409. The first-order valence-corrected chi connectivity index (χ1v) is 2.69. The van der Waals surface area contributed by atoms with Crippen molar-refractivity contribution in [3.05, 3.63) is 30.5 Å². The first-order valence-electron chi connectivity index (χ1n) is 2.69. The Hall–Kier alpha value is -1.31. The maximum atomic E-state index is 9.92. The molecule has 0 saturated heterocycles. The van der Waals surface area contributed by atoms with Gasteiger partial charge in [0.15, 0.2) is 0 Å². The lowest BCUT2D eigenvalue weighted by Crippen LogP contribution is -2.12. The van der Waals surface area contributed by atoms with Gasteiger partial charge in [-0.15, -0.1) is 5.73 Å². The fraction of sp³-hybridized carbons (Fsp3) is 0.143. The summed E-state index contributed by atoms with van der Waals surface area (Å²) in [6.45, 7) is 3.29. The zero-order chi connectivity index (χ0) is 7.98. The molecule has 0 spiro atoms. The molecule has 0 fully saturated rings. The van der Waals surface area contributed by atoms with E-state index in [1.165, 1.54) is 12.2 Å². The van der Waals surface area contributed by atoms with Crippen LogP contribution in [-0.2, 0) is 4.79 Å². The fourth-order valence-electron chi connectivity index (χ4n) is 0.385. The predicted octanol–water partition coefficient (Wildman–Crippen LogP) is 0.296. The van der Waals surface area contributed by atoms with Gasteiger partial charge in [0.1, 0.15) is 0 Å². The van der Waals surface area contributed by atoms with Crippen LogP contribution in [0.1, 0.15) is 0 Å². The Labute approximate surface area is 59.2 Å². The van der Waals surface area contributed by atoms with Crippen LogP contribution >= 0.6 is 0 Å². The Balaban J connectivity index is 3.88. The van der Waals surface area contributed by atoms with Crippen LogP contribution < -0.4 is 5.73 Å². The van der Waals surface area contributed by atoms with Gasteiger partial charge in [-0.1, -0.05) is 12.7 Å². The van der Waals surface area contributed by atoms with E-state index in [1.807, 2.05) is 0 Å². The van der Waals surface area contributed by atoms with Gasteiger partial charge in [0.2, 0.25) is 0 Å². The molecule has 0 aromatic heterocycles. The molecule has 0 heterocycles. The highest BCUT2D eigenvalue weighted by Crippen LogP contribution is 1.82. The molecule has 3 heteroatoms. The van der Waals surface area contributed by atoms with Crippen molar-refractivity contribution < 1.29 is 9.90 Å². The summed E-state index contributed by atoms with van der Waals surface area (Å²) in [5, 5.41) is 8.14. The summed E-state index contributed by atoms with van der Waals surface area (Å²) in [6, 6.07) is -0.409. The molecule has 3 N–H and O–H groups in total. The van der Waals surface area contributed by atoms with Crippen molar-refractivity contribution >= 4 is 5.97 Å². The van der Waals surface area contributed by atoms with Crippen molar-refractivity contribution in [1.29, 1.82) is 0 Å². The van der Waals surface area contributed by atoms with Crippen molar-refractivity contribution in [2.24, 2.45) is 5.73 Å². The molecule has 54 valence electrons. The number of carboxylic acids is 1. The average Bonchev–Trinajstić information content (AvgIpc) is 1.85. The molecule has 0 aromatic rings. The van der Waals surface area contributed by atoms with Crippen LogP contribution in [0.15, 0.2) is 30.5 Å². The van der Waals surface area contributed by atoms with E-state index in [0.717, 1.165) is 6.08 Å². The summed E-state index contributed by atoms with van der Waals surface area (Å²) >= 11 is 0. The monoisotopic (exact) mass is 139 g/mol. The number of nitrogens with two attached hydrogens (primary N) is 1. The third-order valence-corrected chi connectivity index (χ3v) is 0.771. The first kappa shape index (κ1) is 8.69. The minimum atomic E-state index is -1.01. The van der Waals surface area contributed by atoms with E-state index in [1.54, 1.807) is 0 Å². The molecule has 0 saturated carbocycles. The number of aliphatic carboxylic acids is 1. The van der Waals surface area contributed by atoms with Crippen LogP contribution in [0.3, 0.4) is 0 Å². The third kappa shape index (κ3) is 4.84. The number of carboxylic acid groups (broad SMARTS) is 1. The van der Waals surface area contributed by atoms with Gasteiger partial charge in [-0.05, 0) is 6.08 Å². The lowest BCUT2D eigenvalue weighted by Gasteiger charge is -1.92. The highest BCUT2D eigenvalue weighted by Gasteiger charge is 1.89. The molecule has 10 heavy (non-hydrogen) atoms. The van der Waals surface area contributed by atoms with Crippen LogP contribution in [0.5, 0.6) is 0 Å². The molecule has 0 aliphatic rings. The summed E-state index contributed by atoms with van der Waals surface area (Å²) < 4.78 is 0. The number of hydrogen-bond acceptors (Lipinski definition) is 2. The van der Waals surface area contributed by atoms with Crippen LogP contribution in [0.25, 0.3) is 0 Å². The number of hydrogen-bond donors (Lipinski definition) is 2. The minimum Gasteiger partial charge on any atom is -0.478 e. The van der Waals surface area contributed by atoms with Crippen LogP contribution in [0.2, 0.25) is 0 Å². The third-order valence-electron chi connectivity index (χ3n) is 0.771. The zero-order valence-electron chi connectivity index (χ0n) is 5.45. The molecule has 0 radical (unpaired) electrons. The molecule has 0 bridgehead atoms. The largest absolute Gasteiger partial charge is 0.478 e. The van der Waals surface area contributed by atoms with Gasteiger partial charge in [0, 0.05) is 12.1 Å². The molecule has 0 aliphatic heterocycles. The van der Waals surface area contributed by atoms with E-state index >= 15 is 0 Å². The van der Waals surface area contributed by atoms with E-state index in [9.17, 15) is 4.79 Å². The first-order chi connectivity index (χ1) is 4.66. The normalized spacial score (nSPS) is 12.5. The predicted molar refractivity (Wildman–Crippen MR) is 38.5 cm³/mol. The van der Waals surface area contributed by atoms with E-state index in [4.69, 9.17) is 10.8 Å². The Morgan fingerprint density at radius 3 is 2.80 bits per heavy atom. The zero-order valence-corrected chi connectivity index (χ0v) is 5.45. The second-order valence-corrected chi connectivity index (χ2v) is 1.65. The Morgan fingerprint density at radius 2 is 2.40 bits per heavy atom. The van der Waals surface area contributed by atoms with E-state index in [0.29, 0.717) is 0 Å². The summed E-state index contributed by atoms with van der Waals surface area (Å²) in [5.74, 6) is -1.01. The average molecular weight is 139 g/mol. The van der Waals surface area contributed by atoms with Gasteiger partial charge in [-0.2, -0.15) is 0 Å². The Morgan fingerprint density at radius 1 is 1.80 bits per heavy atom. The maximum absolute atomic E-state index is 9.92. The highest BCUT2D eigenvalue weighted by atomic mass is 16.4. The molecule has 0 aromatic carbocycles. The molecule has 3 nitrogen and oxygen atoms in total. The van der Waals surface area contributed by atoms with E-state index in [2.05, 4.69) is 12.3 Å². The van der Waals surface area contributed by atoms with Gasteiger partial charge in [-0.25, -0.2) is 4.79 Å². The van der Waals surface area contributed by atoms with Crippen molar-refractivity contribution in [1.82, 2.24) is 0 Å². The Kier molecular flexibility index (Phi) is 3.96. The van der Waals surface area contributed by atoms with Gasteiger partial charge in [-0.3, -0.25) is 0 Å². The number of rotatable bonds is 3. The standard InChI is InChI=1S/C7H9NO2/c1-2-3-6(8)4-5-7(9)10/h3-6H,1,8H2,(H,9,10). The highest BCUT2D eigenvalue weighted by molar-refractivity contribution is 5.79. The summed E-state index contributed by atoms with van der Waals surface area (Å²) in [5.41, 5.74) is 7.77. The topological polar surface area (TPSA) is 63.3 Å². The van der Waals surface area contributed by atoms with Crippen molar-refractivity contribution in [2.75, 3.05) is 0 Å². The Bertz CT molecular complexity index is 190. The smallest absolute Gasteiger partial charge is 0.328 e. The van der Waals surface area contributed by atoms with Crippen molar-refractivity contribution in [2.45, 2.75) is 6.04 Å². The van der Waals surface area contributed by atoms with Crippen molar-refractivity contribution in [3.8, 4) is 0 Å².